The molecule has 1 aliphatic heterocycles. The van der Waals surface area contributed by atoms with Gasteiger partial charge in [0.2, 0.25) is 11.8 Å². The van der Waals surface area contributed by atoms with E-state index in [1.165, 1.54) is 10.4 Å². The number of anilines is 2. The van der Waals surface area contributed by atoms with Gasteiger partial charge in [-0.2, -0.15) is 0 Å². The Balaban J connectivity index is 1.98. The summed E-state index contributed by atoms with van der Waals surface area (Å²) in [5.41, 5.74) is 3.55. The van der Waals surface area contributed by atoms with Crippen molar-refractivity contribution in [3.63, 3.8) is 0 Å². The molecule has 21 heavy (non-hydrogen) atoms. The maximum Gasteiger partial charge on any atom is 0.233 e. The Hall–Kier alpha value is -1.66. The molecule has 3 rings (SSSR count). The standard InChI is InChI=1S/C15H13BrN2O2S/c1-8-4-5-21-15(8)14(16)9-2-3-10-11(6-9)18-13(20)7-12(19)17-10/h2-6,14H,7H2,1H3,(H,17,19)(H,18,20). The van der Waals surface area contributed by atoms with Gasteiger partial charge in [0.25, 0.3) is 0 Å². The van der Waals surface area contributed by atoms with Crippen LogP contribution in [0, 0.1) is 6.92 Å². The highest BCUT2D eigenvalue weighted by atomic mass is 79.9. The molecular formula is C15H13BrN2O2S. The first-order valence-electron chi connectivity index (χ1n) is 6.46. The van der Waals surface area contributed by atoms with Crippen molar-refractivity contribution in [1.29, 1.82) is 0 Å². The molecule has 1 aliphatic rings. The van der Waals surface area contributed by atoms with Crippen LogP contribution in [0.25, 0.3) is 0 Å². The molecule has 2 heterocycles. The third-order valence-corrected chi connectivity index (χ3v) is 5.71. The molecule has 0 saturated carbocycles. The molecule has 1 aromatic carbocycles. The minimum absolute atomic E-state index is 0.0682. The monoisotopic (exact) mass is 364 g/mol. The molecule has 0 aliphatic carbocycles. The van der Waals surface area contributed by atoms with Crippen molar-refractivity contribution in [3.8, 4) is 0 Å². The van der Waals surface area contributed by atoms with E-state index in [4.69, 9.17) is 0 Å². The lowest BCUT2D eigenvalue weighted by molar-refractivity contribution is -0.123. The average Bonchev–Trinajstić information content (AvgIpc) is 2.79. The van der Waals surface area contributed by atoms with Crippen molar-refractivity contribution in [2.24, 2.45) is 0 Å². The summed E-state index contributed by atoms with van der Waals surface area (Å²) >= 11 is 5.40. The van der Waals surface area contributed by atoms with Gasteiger partial charge in [0.1, 0.15) is 6.42 Å². The number of hydrogen-bond donors (Lipinski definition) is 2. The second kappa shape index (κ2) is 5.61. The third-order valence-electron chi connectivity index (χ3n) is 3.34. The zero-order chi connectivity index (χ0) is 15.0. The van der Waals surface area contributed by atoms with Gasteiger partial charge in [0.05, 0.1) is 16.2 Å². The van der Waals surface area contributed by atoms with Crippen LogP contribution in [0.5, 0.6) is 0 Å². The highest BCUT2D eigenvalue weighted by Gasteiger charge is 2.21. The molecule has 0 radical (unpaired) electrons. The van der Waals surface area contributed by atoms with Crippen LogP contribution in [0.15, 0.2) is 29.6 Å². The lowest BCUT2D eigenvalue weighted by atomic mass is 10.1. The van der Waals surface area contributed by atoms with E-state index in [9.17, 15) is 9.59 Å². The van der Waals surface area contributed by atoms with Crippen molar-refractivity contribution in [1.82, 2.24) is 0 Å². The summed E-state index contributed by atoms with van der Waals surface area (Å²) in [6, 6.07) is 7.76. The van der Waals surface area contributed by atoms with E-state index in [-0.39, 0.29) is 23.1 Å². The number of carbonyl (C=O) groups is 2. The SMILES string of the molecule is Cc1ccsc1C(Br)c1ccc2c(c1)NC(=O)CC(=O)N2. The Bertz CT molecular complexity index is 726. The van der Waals surface area contributed by atoms with Gasteiger partial charge in [-0.1, -0.05) is 22.0 Å². The third kappa shape index (κ3) is 2.87. The van der Waals surface area contributed by atoms with Crippen LogP contribution < -0.4 is 10.6 Å². The first kappa shape index (κ1) is 14.3. The number of hydrogen-bond acceptors (Lipinski definition) is 3. The number of amides is 2. The van der Waals surface area contributed by atoms with Gasteiger partial charge in [-0.3, -0.25) is 9.59 Å². The lowest BCUT2D eigenvalue weighted by Gasteiger charge is -2.14. The lowest BCUT2D eigenvalue weighted by Crippen LogP contribution is -2.16. The summed E-state index contributed by atoms with van der Waals surface area (Å²) in [5.74, 6) is -0.578. The van der Waals surface area contributed by atoms with E-state index in [2.05, 4.69) is 44.9 Å². The fraction of sp³-hybridized carbons (Fsp3) is 0.200. The first-order valence-corrected chi connectivity index (χ1v) is 8.26. The van der Waals surface area contributed by atoms with Gasteiger partial charge in [-0.05, 0) is 41.6 Å². The van der Waals surface area contributed by atoms with E-state index >= 15 is 0 Å². The van der Waals surface area contributed by atoms with Crippen LogP contribution >= 0.6 is 27.3 Å². The average molecular weight is 365 g/mol. The predicted molar refractivity (Wildman–Crippen MR) is 88.1 cm³/mol. The maximum atomic E-state index is 11.6. The van der Waals surface area contributed by atoms with Gasteiger partial charge in [0, 0.05) is 4.88 Å². The summed E-state index contributed by atoms with van der Waals surface area (Å²) in [5, 5.41) is 7.56. The number of rotatable bonds is 2. The molecule has 2 aromatic rings. The number of thiophene rings is 1. The zero-order valence-electron chi connectivity index (χ0n) is 11.3. The molecule has 108 valence electrons. The van der Waals surface area contributed by atoms with Crippen LogP contribution in [0.1, 0.15) is 27.3 Å². The maximum absolute atomic E-state index is 11.6. The molecule has 4 nitrogen and oxygen atoms in total. The van der Waals surface area contributed by atoms with E-state index in [0.717, 1.165) is 5.56 Å². The fourth-order valence-electron chi connectivity index (χ4n) is 2.26. The number of carbonyl (C=O) groups excluding carboxylic acids is 2. The van der Waals surface area contributed by atoms with Gasteiger partial charge in [0.15, 0.2) is 0 Å². The normalized spacial score (nSPS) is 15.7. The Morgan fingerprint density at radius 3 is 2.52 bits per heavy atom. The molecule has 1 atom stereocenters. The number of aryl methyl sites for hydroxylation is 1. The summed E-state index contributed by atoms with van der Waals surface area (Å²) in [7, 11) is 0. The van der Waals surface area contributed by atoms with E-state index < -0.39 is 0 Å². The molecule has 2 N–H and O–H groups in total. The molecule has 0 saturated heterocycles. The Labute approximate surface area is 134 Å². The Kier molecular flexibility index (Phi) is 3.82. The molecular weight excluding hydrogens is 352 g/mol. The van der Waals surface area contributed by atoms with Crippen molar-refractivity contribution in [2.45, 2.75) is 18.2 Å². The second-order valence-electron chi connectivity index (χ2n) is 4.91. The first-order chi connectivity index (χ1) is 10.0. The van der Waals surface area contributed by atoms with Gasteiger partial charge in [-0.15, -0.1) is 11.3 Å². The minimum Gasteiger partial charge on any atom is -0.324 e. The Morgan fingerprint density at radius 1 is 1.14 bits per heavy atom. The van der Waals surface area contributed by atoms with Crippen LogP contribution in [0.4, 0.5) is 11.4 Å². The molecule has 1 unspecified atom stereocenters. The highest BCUT2D eigenvalue weighted by molar-refractivity contribution is 9.09. The minimum atomic E-state index is -0.290. The smallest absolute Gasteiger partial charge is 0.233 e. The van der Waals surface area contributed by atoms with Crippen LogP contribution in [-0.2, 0) is 9.59 Å². The topological polar surface area (TPSA) is 58.2 Å². The zero-order valence-corrected chi connectivity index (χ0v) is 13.7. The fourth-order valence-corrected chi connectivity index (χ4v) is 4.16. The van der Waals surface area contributed by atoms with E-state index in [0.29, 0.717) is 11.4 Å². The molecule has 6 heteroatoms. The van der Waals surface area contributed by atoms with Crippen LogP contribution in [-0.4, -0.2) is 11.8 Å². The summed E-state index contributed by atoms with van der Waals surface area (Å²) in [6.07, 6.45) is -0.147. The number of benzene rings is 1. The van der Waals surface area contributed by atoms with Gasteiger partial charge >= 0.3 is 0 Å². The van der Waals surface area contributed by atoms with Crippen LogP contribution in [0.2, 0.25) is 0 Å². The quantitative estimate of drug-likeness (QED) is 0.628. The number of nitrogens with one attached hydrogen (secondary N) is 2. The highest BCUT2D eigenvalue weighted by Crippen LogP contribution is 2.38. The summed E-state index contributed by atoms with van der Waals surface area (Å²) < 4.78 is 0. The van der Waals surface area contributed by atoms with Gasteiger partial charge in [-0.25, -0.2) is 0 Å². The molecule has 0 spiro atoms. The molecule has 0 fully saturated rings. The van der Waals surface area contributed by atoms with Crippen LogP contribution in [0.3, 0.4) is 0 Å². The van der Waals surface area contributed by atoms with Gasteiger partial charge < -0.3 is 10.6 Å². The Morgan fingerprint density at radius 2 is 1.86 bits per heavy atom. The van der Waals surface area contributed by atoms with E-state index in [1.54, 1.807) is 11.3 Å². The van der Waals surface area contributed by atoms with Crippen molar-refractivity contribution in [2.75, 3.05) is 10.6 Å². The summed E-state index contributed by atoms with van der Waals surface area (Å²) in [6.45, 7) is 2.07. The second-order valence-corrected chi connectivity index (χ2v) is 6.77. The van der Waals surface area contributed by atoms with Crippen molar-refractivity contribution in [3.05, 3.63) is 45.6 Å². The molecule has 2 amide bonds. The predicted octanol–water partition coefficient (Wildman–Crippen LogP) is 3.82. The largest absolute Gasteiger partial charge is 0.324 e. The van der Waals surface area contributed by atoms with E-state index in [1.807, 2.05) is 18.2 Å². The summed E-state index contributed by atoms with van der Waals surface area (Å²) in [4.78, 5) is 24.5. The molecule has 1 aromatic heterocycles. The van der Waals surface area contributed by atoms with Crippen molar-refractivity contribution >= 4 is 50.5 Å². The number of fused-ring (bicyclic) bond motifs is 1. The van der Waals surface area contributed by atoms with Crippen molar-refractivity contribution < 1.29 is 9.59 Å². The number of halogens is 1. The number of alkyl halides is 1. The molecule has 0 bridgehead atoms.